The Labute approximate surface area is 256 Å². The summed E-state index contributed by atoms with van der Waals surface area (Å²) in [6, 6.07) is 0.0659. The number of aliphatic hydroxyl groups is 2. The molecule has 2 saturated heterocycles. The second-order valence-corrected chi connectivity index (χ2v) is 13.0. The fourth-order valence-electron chi connectivity index (χ4n) is 8.30. The molecule has 3 aliphatic heterocycles. The van der Waals surface area contributed by atoms with E-state index in [1.807, 2.05) is 6.92 Å². The molecule has 4 unspecified atom stereocenters. The number of carbonyl (C=O) groups is 2. The van der Waals surface area contributed by atoms with Gasteiger partial charge in [0, 0.05) is 48.4 Å². The maximum atomic E-state index is 13.2. The number of ether oxygens (including phenoxy) is 4. The van der Waals surface area contributed by atoms with Crippen molar-refractivity contribution in [2.45, 2.75) is 57.8 Å². The third-order valence-electron chi connectivity index (χ3n) is 10.8. The van der Waals surface area contributed by atoms with E-state index >= 15 is 0 Å². The minimum atomic E-state index is -0.683. The van der Waals surface area contributed by atoms with Crippen molar-refractivity contribution < 1.29 is 38.7 Å². The summed E-state index contributed by atoms with van der Waals surface area (Å²) in [5.74, 6) is -1.29. The number of rotatable bonds is 7. The molecule has 12 nitrogen and oxygen atoms in total. The van der Waals surface area contributed by atoms with Gasteiger partial charge in [-0.15, -0.1) is 0 Å². The van der Waals surface area contributed by atoms with Crippen LogP contribution in [0, 0.1) is 22.7 Å². The van der Waals surface area contributed by atoms with E-state index in [2.05, 4.69) is 27.9 Å². The van der Waals surface area contributed by atoms with Crippen LogP contribution >= 0.6 is 0 Å². The summed E-state index contributed by atoms with van der Waals surface area (Å²) in [4.78, 5) is 36.5. The number of allylic oxidation sites excluding steroid dienone is 1. The van der Waals surface area contributed by atoms with Gasteiger partial charge in [0.15, 0.2) is 0 Å². The second-order valence-electron chi connectivity index (χ2n) is 13.0. The Morgan fingerprint density at radius 3 is 2.59 bits per heavy atom. The Balaban J connectivity index is 1.40. The van der Waals surface area contributed by atoms with Crippen molar-refractivity contribution in [3.63, 3.8) is 0 Å². The molecule has 0 amide bonds. The van der Waals surface area contributed by atoms with Crippen LogP contribution in [0.5, 0.6) is 0 Å². The number of aliphatic hydroxyl groups excluding tert-OH is 2. The molecular formula is C32H42N4O8. The predicted octanol–water partition coefficient (Wildman–Crippen LogP) is 1.64. The normalized spacial score (nSPS) is 38.3. The van der Waals surface area contributed by atoms with E-state index in [-0.39, 0.29) is 59.4 Å². The summed E-state index contributed by atoms with van der Waals surface area (Å²) in [6.45, 7) is 9.37. The van der Waals surface area contributed by atoms with Gasteiger partial charge in [0.05, 0.1) is 44.7 Å². The van der Waals surface area contributed by atoms with Crippen LogP contribution in [0.15, 0.2) is 42.0 Å². The zero-order chi connectivity index (χ0) is 31.3. The molecule has 44 heavy (non-hydrogen) atoms. The fraction of sp³-hybridized carbons (Fsp3) is 0.625. The SMILES string of the molecule is CCOC(=O)C(=C1C=C(C=CC2C3(CO3)C(N3CCOCC3)CC3[C@]2(C)CC[C@@H](O)[C@@]3(C)CO)C(=O)O1)c1cnc(N)nc1. The van der Waals surface area contributed by atoms with Gasteiger partial charge in [-0.25, -0.2) is 19.6 Å². The van der Waals surface area contributed by atoms with Crippen LogP contribution in [0.2, 0.25) is 0 Å². The number of morpholine rings is 1. The molecule has 1 spiro atoms. The third kappa shape index (κ3) is 5.06. The first-order chi connectivity index (χ1) is 21.1. The van der Waals surface area contributed by atoms with Gasteiger partial charge in [0.2, 0.25) is 5.95 Å². The van der Waals surface area contributed by atoms with Gasteiger partial charge in [-0.1, -0.05) is 26.0 Å². The van der Waals surface area contributed by atoms with Gasteiger partial charge in [-0.2, -0.15) is 0 Å². The molecule has 7 atom stereocenters. The monoisotopic (exact) mass is 610 g/mol. The standard InChI is InChI=1S/C32H42N4O8/c1-4-42-28(40)26(20-15-34-29(33)35-16-20)21-13-19(27(39)44-21)5-6-22-30(2)8-7-25(38)31(3,17-37)23(30)14-24(32(22)18-43-32)36-9-11-41-12-10-36/h5-6,13,15-16,22-25,37-38H,4,7-12,14,17-18H2,1-3H3,(H2,33,34,35)/t22?,23?,24?,25-,30-,31+,32?/m1/s1. The van der Waals surface area contributed by atoms with Crippen molar-refractivity contribution in [3.8, 4) is 0 Å². The summed E-state index contributed by atoms with van der Waals surface area (Å²) in [5.41, 5.74) is 4.80. The van der Waals surface area contributed by atoms with Crippen molar-refractivity contribution in [3.05, 3.63) is 47.5 Å². The number of cyclic esters (lactones) is 1. The van der Waals surface area contributed by atoms with Crippen LogP contribution in [-0.2, 0) is 28.5 Å². The number of anilines is 1. The number of hydrogen-bond donors (Lipinski definition) is 3. The first kappa shape index (κ1) is 30.8. The molecule has 5 aliphatic rings. The molecule has 1 aromatic heterocycles. The van der Waals surface area contributed by atoms with E-state index in [4.69, 9.17) is 24.7 Å². The molecule has 0 aromatic carbocycles. The smallest absolute Gasteiger partial charge is 0.343 e. The zero-order valence-corrected chi connectivity index (χ0v) is 25.5. The lowest BCUT2D eigenvalue weighted by Gasteiger charge is -2.63. The number of esters is 2. The number of fused-ring (bicyclic) bond motifs is 1. The highest BCUT2D eigenvalue weighted by atomic mass is 16.6. The molecule has 4 N–H and O–H groups in total. The summed E-state index contributed by atoms with van der Waals surface area (Å²) in [7, 11) is 0. The van der Waals surface area contributed by atoms with Crippen LogP contribution < -0.4 is 5.73 Å². The van der Waals surface area contributed by atoms with Crippen molar-refractivity contribution in [1.82, 2.24) is 14.9 Å². The van der Waals surface area contributed by atoms with Gasteiger partial charge in [0.1, 0.15) is 16.9 Å². The number of carbonyl (C=O) groups excluding carboxylic acids is 2. The van der Waals surface area contributed by atoms with E-state index < -0.39 is 29.1 Å². The predicted molar refractivity (Wildman–Crippen MR) is 158 cm³/mol. The third-order valence-corrected chi connectivity index (χ3v) is 10.8. The van der Waals surface area contributed by atoms with Gasteiger partial charge in [-0.3, -0.25) is 4.90 Å². The van der Waals surface area contributed by atoms with Crippen molar-refractivity contribution >= 4 is 23.5 Å². The number of nitrogens with zero attached hydrogens (tertiary/aromatic N) is 3. The Hall–Kier alpha value is -3.16. The zero-order valence-electron chi connectivity index (χ0n) is 25.5. The lowest BCUT2D eigenvalue weighted by atomic mass is 9.44. The molecule has 238 valence electrons. The fourth-order valence-corrected chi connectivity index (χ4v) is 8.30. The molecule has 0 radical (unpaired) electrons. The van der Waals surface area contributed by atoms with E-state index in [9.17, 15) is 19.8 Å². The van der Waals surface area contributed by atoms with Crippen LogP contribution in [-0.4, -0.2) is 101 Å². The number of hydrogen-bond acceptors (Lipinski definition) is 12. The minimum absolute atomic E-state index is 0.00182. The first-order valence-electron chi connectivity index (χ1n) is 15.4. The quantitative estimate of drug-likeness (QED) is 0.232. The molecule has 0 bridgehead atoms. The van der Waals surface area contributed by atoms with Crippen molar-refractivity contribution in [2.75, 3.05) is 51.9 Å². The van der Waals surface area contributed by atoms with E-state index in [0.29, 0.717) is 31.8 Å². The molecule has 4 heterocycles. The summed E-state index contributed by atoms with van der Waals surface area (Å²) in [5, 5.41) is 21.8. The Morgan fingerprint density at radius 2 is 1.95 bits per heavy atom. The molecule has 4 fully saturated rings. The largest absolute Gasteiger partial charge is 0.462 e. The Morgan fingerprint density at radius 1 is 1.25 bits per heavy atom. The summed E-state index contributed by atoms with van der Waals surface area (Å²) in [6.07, 6.45) is 9.61. The number of aromatic nitrogens is 2. The average molecular weight is 611 g/mol. The molecule has 1 aromatic rings. The Kier molecular flexibility index (Phi) is 8.16. The maximum absolute atomic E-state index is 13.2. The lowest BCUT2D eigenvalue weighted by Crippen LogP contribution is -2.67. The number of nitrogens with two attached hydrogens (primary N) is 1. The van der Waals surface area contributed by atoms with Gasteiger partial charge in [-0.05, 0) is 43.6 Å². The molecule has 2 saturated carbocycles. The first-order valence-corrected chi connectivity index (χ1v) is 15.4. The molecule has 12 heteroatoms. The highest BCUT2D eigenvalue weighted by molar-refractivity contribution is 6.18. The number of nitrogen functional groups attached to an aromatic ring is 1. The van der Waals surface area contributed by atoms with Gasteiger partial charge < -0.3 is 34.9 Å². The second kappa shape index (κ2) is 11.6. The average Bonchev–Trinajstić information content (AvgIpc) is 3.71. The van der Waals surface area contributed by atoms with Crippen molar-refractivity contribution in [2.24, 2.45) is 22.7 Å². The minimum Gasteiger partial charge on any atom is -0.462 e. The van der Waals surface area contributed by atoms with E-state index in [1.54, 1.807) is 13.0 Å². The summed E-state index contributed by atoms with van der Waals surface area (Å²) >= 11 is 0. The van der Waals surface area contributed by atoms with Crippen LogP contribution in [0.3, 0.4) is 0 Å². The lowest BCUT2D eigenvalue weighted by molar-refractivity contribution is -0.186. The van der Waals surface area contributed by atoms with Gasteiger partial charge >= 0.3 is 11.9 Å². The molecular weight excluding hydrogens is 568 g/mol. The topological polar surface area (TPSA) is 170 Å². The van der Waals surface area contributed by atoms with Crippen LogP contribution in [0.1, 0.15) is 45.6 Å². The number of epoxide rings is 1. The highest BCUT2D eigenvalue weighted by Gasteiger charge is 2.71. The van der Waals surface area contributed by atoms with Crippen LogP contribution in [0.25, 0.3) is 5.57 Å². The van der Waals surface area contributed by atoms with Crippen molar-refractivity contribution in [1.29, 1.82) is 0 Å². The molecule has 2 aliphatic carbocycles. The highest BCUT2D eigenvalue weighted by Crippen LogP contribution is 2.66. The summed E-state index contributed by atoms with van der Waals surface area (Å²) < 4.78 is 22.9. The van der Waals surface area contributed by atoms with E-state index in [1.165, 1.54) is 18.5 Å². The molecule has 6 rings (SSSR count). The Bertz CT molecular complexity index is 1380. The maximum Gasteiger partial charge on any atom is 0.343 e. The van der Waals surface area contributed by atoms with Gasteiger partial charge in [0.25, 0.3) is 0 Å². The van der Waals surface area contributed by atoms with E-state index in [0.717, 1.165) is 25.9 Å². The van der Waals surface area contributed by atoms with Crippen LogP contribution in [0.4, 0.5) is 5.95 Å².